The third-order valence-electron chi connectivity index (χ3n) is 3.78. The number of aromatic nitrogens is 1. The van der Waals surface area contributed by atoms with E-state index in [-0.39, 0.29) is 5.54 Å². The van der Waals surface area contributed by atoms with Crippen molar-refractivity contribution in [1.29, 1.82) is 0 Å². The van der Waals surface area contributed by atoms with Crippen LogP contribution in [0.5, 0.6) is 0 Å². The van der Waals surface area contributed by atoms with Gasteiger partial charge < -0.3 is 5.32 Å². The van der Waals surface area contributed by atoms with E-state index in [1.807, 2.05) is 12.4 Å². The summed E-state index contributed by atoms with van der Waals surface area (Å²) in [5.74, 6) is 0.841. The lowest BCUT2D eigenvalue weighted by Crippen LogP contribution is -2.42. The summed E-state index contributed by atoms with van der Waals surface area (Å²) in [5, 5.41) is 3.63. The standard InChI is InChI=1S/C16H27N3/c1-16(2,3)18-12-14-6-10-19(11-7-14)13-15-4-8-17-9-5-15/h4-5,8-9,14,18H,6-7,10-13H2,1-3H3. The van der Waals surface area contributed by atoms with Crippen LogP contribution in [0.4, 0.5) is 0 Å². The quantitative estimate of drug-likeness (QED) is 0.903. The van der Waals surface area contributed by atoms with Crippen molar-refractivity contribution in [3.05, 3.63) is 30.1 Å². The first-order valence-electron chi connectivity index (χ1n) is 7.39. The molecule has 0 spiro atoms. The molecule has 0 radical (unpaired) electrons. The van der Waals surface area contributed by atoms with E-state index < -0.39 is 0 Å². The molecule has 2 rings (SSSR count). The van der Waals surface area contributed by atoms with Gasteiger partial charge in [-0.1, -0.05) is 0 Å². The van der Waals surface area contributed by atoms with Crippen LogP contribution in [0.1, 0.15) is 39.2 Å². The van der Waals surface area contributed by atoms with Crippen LogP contribution in [0.3, 0.4) is 0 Å². The second-order valence-electron chi connectivity index (χ2n) is 6.71. The Morgan fingerprint density at radius 3 is 2.42 bits per heavy atom. The zero-order chi connectivity index (χ0) is 13.7. The molecule has 1 aliphatic rings. The fraction of sp³-hybridized carbons (Fsp3) is 0.688. The second kappa shape index (κ2) is 6.49. The van der Waals surface area contributed by atoms with Gasteiger partial charge in [0.05, 0.1) is 0 Å². The summed E-state index contributed by atoms with van der Waals surface area (Å²) >= 11 is 0. The number of nitrogens with one attached hydrogen (secondary N) is 1. The van der Waals surface area contributed by atoms with Crippen molar-refractivity contribution in [2.75, 3.05) is 19.6 Å². The smallest absolute Gasteiger partial charge is 0.0271 e. The van der Waals surface area contributed by atoms with E-state index in [2.05, 4.69) is 48.1 Å². The van der Waals surface area contributed by atoms with E-state index in [1.165, 1.54) is 31.5 Å². The Bertz CT molecular complexity index is 361. The fourth-order valence-electron chi connectivity index (χ4n) is 2.55. The molecule has 0 saturated carbocycles. The highest BCUT2D eigenvalue weighted by Gasteiger charge is 2.20. The molecule has 106 valence electrons. The molecule has 0 bridgehead atoms. The third-order valence-corrected chi connectivity index (χ3v) is 3.78. The molecule has 0 unspecified atom stereocenters. The predicted molar refractivity (Wildman–Crippen MR) is 80.0 cm³/mol. The van der Waals surface area contributed by atoms with Gasteiger partial charge in [0, 0.05) is 24.5 Å². The fourth-order valence-corrected chi connectivity index (χ4v) is 2.55. The van der Waals surface area contributed by atoms with Crippen LogP contribution >= 0.6 is 0 Å². The minimum Gasteiger partial charge on any atom is -0.312 e. The maximum absolute atomic E-state index is 4.07. The molecule has 0 aromatic carbocycles. The van der Waals surface area contributed by atoms with Gasteiger partial charge in [-0.05, 0) is 76.9 Å². The number of nitrogens with zero attached hydrogens (tertiary/aromatic N) is 2. The Labute approximate surface area is 117 Å². The molecular formula is C16H27N3. The van der Waals surface area contributed by atoms with Crippen LogP contribution in [0.15, 0.2) is 24.5 Å². The molecule has 1 aromatic rings. The Morgan fingerprint density at radius 1 is 1.21 bits per heavy atom. The molecule has 3 heteroatoms. The maximum atomic E-state index is 4.07. The van der Waals surface area contributed by atoms with Crippen molar-refractivity contribution in [3.63, 3.8) is 0 Å². The highest BCUT2D eigenvalue weighted by molar-refractivity contribution is 5.09. The summed E-state index contributed by atoms with van der Waals surface area (Å²) in [6, 6.07) is 4.24. The highest BCUT2D eigenvalue weighted by Crippen LogP contribution is 2.19. The van der Waals surface area contributed by atoms with Crippen molar-refractivity contribution in [3.8, 4) is 0 Å². The molecule has 1 aliphatic heterocycles. The van der Waals surface area contributed by atoms with E-state index in [0.717, 1.165) is 19.0 Å². The number of hydrogen-bond donors (Lipinski definition) is 1. The van der Waals surface area contributed by atoms with E-state index in [1.54, 1.807) is 0 Å². The Balaban J connectivity index is 1.71. The molecule has 0 aliphatic carbocycles. The number of likely N-dealkylation sites (tertiary alicyclic amines) is 1. The van der Waals surface area contributed by atoms with Crippen LogP contribution in [-0.4, -0.2) is 35.1 Å². The van der Waals surface area contributed by atoms with E-state index >= 15 is 0 Å². The topological polar surface area (TPSA) is 28.2 Å². The summed E-state index contributed by atoms with van der Waals surface area (Å²) < 4.78 is 0. The van der Waals surface area contributed by atoms with Crippen LogP contribution in [0.25, 0.3) is 0 Å². The molecule has 1 N–H and O–H groups in total. The zero-order valence-corrected chi connectivity index (χ0v) is 12.5. The second-order valence-corrected chi connectivity index (χ2v) is 6.71. The lowest BCUT2D eigenvalue weighted by atomic mass is 9.95. The molecule has 1 saturated heterocycles. The zero-order valence-electron chi connectivity index (χ0n) is 12.5. The number of piperidine rings is 1. The summed E-state index contributed by atoms with van der Waals surface area (Å²) in [6.45, 7) is 11.4. The number of pyridine rings is 1. The minimum atomic E-state index is 0.244. The predicted octanol–water partition coefficient (Wildman–Crippen LogP) is 2.68. The molecule has 1 aromatic heterocycles. The van der Waals surface area contributed by atoms with Crippen LogP contribution < -0.4 is 5.32 Å². The van der Waals surface area contributed by atoms with E-state index in [9.17, 15) is 0 Å². The summed E-state index contributed by atoms with van der Waals surface area (Å²) in [4.78, 5) is 6.63. The van der Waals surface area contributed by atoms with Crippen LogP contribution in [-0.2, 0) is 6.54 Å². The van der Waals surface area contributed by atoms with Crippen molar-refractivity contribution in [2.45, 2.75) is 45.7 Å². The molecular weight excluding hydrogens is 234 g/mol. The molecule has 19 heavy (non-hydrogen) atoms. The maximum Gasteiger partial charge on any atom is 0.0271 e. The molecule has 1 fully saturated rings. The first-order valence-corrected chi connectivity index (χ1v) is 7.39. The van der Waals surface area contributed by atoms with Crippen molar-refractivity contribution in [1.82, 2.24) is 15.2 Å². The van der Waals surface area contributed by atoms with Crippen LogP contribution in [0, 0.1) is 5.92 Å². The molecule has 3 nitrogen and oxygen atoms in total. The largest absolute Gasteiger partial charge is 0.312 e. The van der Waals surface area contributed by atoms with Gasteiger partial charge in [-0.15, -0.1) is 0 Å². The van der Waals surface area contributed by atoms with Gasteiger partial charge in [0.15, 0.2) is 0 Å². The number of rotatable bonds is 4. The SMILES string of the molecule is CC(C)(C)NCC1CCN(Cc2ccncc2)CC1. The van der Waals surface area contributed by atoms with Gasteiger partial charge in [-0.3, -0.25) is 9.88 Å². The lowest BCUT2D eigenvalue weighted by molar-refractivity contribution is 0.170. The van der Waals surface area contributed by atoms with E-state index in [4.69, 9.17) is 0 Å². The highest BCUT2D eigenvalue weighted by atomic mass is 15.1. The molecule has 0 atom stereocenters. The first kappa shape index (κ1) is 14.5. The normalized spacial score (nSPS) is 18.7. The monoisotopic (exact) mass is 261 g/mol. The van der Waals surface area contributed by atoms with Gasteiger partial charge in [0.2, 0.25) is 0 Å². The summed E-state index contributed by atoms with van der Waals surface area (Å²) in [7, 11) is 0. The van der Waals surface area contributed by atoms with Gasteiger partial charge in [-0.2, -0.15) is 0 Å². The Kier molecular flexibility index (Phi) is 4.94. The first-order chi connectivity index (χ1) is 9.03. The average Bonchev–Trinajstić information content (AvgIpc) is 2.38. The lowest BCUT2D eigenvalue weighted by Gasteiger charge is -2.33. The van der Waals surface area contributed by atoms with Crippen molar-refractivity contribution < 1.29 is 0 Å². The van der Waals surface area contributed by atoms with Gasteiger partial charge in [0.1, 0.15) is 0 Å². The average molecular weight is 261 g/mol. The minimum absolute atomic E-state index is 0.244. The van der Waals surface area contributed by atoms with Crippen LogP contribution in [0.2, 0.25) is 0 Å². The summed E-state index contributed by atoms with van der Waals surface area (Å²) in [6.07, 6.45) is 6.40. The third kappa shape index (κ3) is 5.29. The molecule has 2 heterocycles. The van der Waals surface area contributed by atoms with Gasteiger partial charge >= 0.3 is 0 Å². The Morgan fingerprint density at radius 2 is 1.84 bits per heavy atom. The Hall–Kier alpha value is -0.930. The molecule has 0 amide bonds. The van der Waals surface area contributed by atoms with Crippen molar-refractivity contribution >= 4 is 0 Å². The number of hydrogen-bond acceptors (Lipinski definition) is 3. The van der Waals surface area contributed by atoms with Gasteiger partial charge in [0.25, 0.3) is 0 Å². The van der Waals surface area contributed by atoms with Crippen molar-refractivity contribution in [2.24, 2.45) is 5.92 Å². The van der Waals surface area contributed by atoms with Gasteiger partial charge in [-0.25, -0.2) is 0 Å². The van der Waals surface area contributed by atoms with E-state index in [0.29, 0.717) is 0 Å². The summed E-state index contributed by atoms with van der Waals surface area (Å²) in [5.41, 5.74) is 1.62.